The van der Waals surface area contributed by atoms with Crippen LogP contribution >= 0.6 is 23.8 Å². The first kappa shape index (κ1) is 19.8. The molecule has 2 heterocycles. The highest BCUT2D eigenvalue weighted by molar-refractivity contribution is 7.80. The Balaban J connectivity index is 1.37. The van der Waals surface area contributed by atoms with Crippen molar-refractivity contribution >= 4 is 45.5 Å². The van der Waals surface area contributed by atoms with Crippen LogP contribution in [0.25, 0.3) is 22.2 Å². The number of fused-ring (bicyclic) bond motifs is 1. The van der Waals surface area contributed by atoms with Gasteiger partial charge in [0.25, 0.3) is 0 Å². The maximum atomic E-state index is 6.45. The molecule has 0 unspecified atom stereocenters. The summed E-state index contributed by atoms with van der Waals surface area (Å²) in [6, 6.07) is 13.9. The predicted molar refractivity (Wildman–Crippen MR) is 128 cm³/mol. The molecule has 0 bridgehead atoms. The van der Waals surface area contributed by atoms with E-state index in [2.05, 4.69) is 20.6 Å². The summed E-state index contributed by atoms with van der Waals surface area (Å²) in [6.07, 6.45) is 7.81. The van der Waals surface area contributed by atoms with Gasteiger partial charge < -0.3 is 19.9 Å². The maximum absolute atomic E-state index is 6.45. The van der Waals surface area contributed by atoms with Gasteiger partial charge in [0.15, 0.2) is 5.11 Å². The van der Waals surface area contributed by atoms with Gasteiger partial charge in [-0.1, -0.05) is 17.7 Å². The van der Waals surface area contributed by atoms with Crippen molar-refractivity contribution in [1.82, 2.24) is 19.9 Å². The highest BCUT2D eigenvalue weighted by atomic mass is 35.5. The Morgan fingerprint density at radius 1 is 1.16 bits per heavy atom. The Bertz CT molecular complexity index is 1280. The highest BCUT2D eigenvalue weighted by Gasteiger charge is 2.22. The van der Waals surface area contributed by atoms with E-state index in [0.29, 0.717) is 27.7 Å². The minimum atomic E-state index is 0.486. The van der Waals surface area contributed by atoms with Crippen molar-refractivity contribution in [3.8, 4) is 22.8 Å². The molecular weight excluding hydrogens is 430 g/mol. The minimum Gasteiger partial charge on any atom is -0.457 e. The van der Waals surface area contributed by atoms with Crippen LogP contribution in [0.1, 0.15) is 12.8 Å². The number of rotatable bonds is 5. The summed E-state index contributed by atoms with van der Waals surface area (Å²) in [5.41, 5.74) is 3.49. The second kappa shape index (κ2) is 8.17. The van der Waals surface area contributed by atoms with Crippen molar-refractivity contribution < 1.29 is 4.74 Å². The van der Waals surface area contributed by atoms with Crippen molar-refractivity contribution in [3.05, 3.63) is 66.2 Å². The van der Waals surface area contributed by atoms with Gasteiger partial charge in [0, 0.05) is 42.5 Å². The Hall–Kier alpha value is -3.16. The van der Waals surface area contributed by atoms with E-state index < -0.39 is 0 Å². The topological polar surface area (TPSA) is 64.0 Å². The monoisotopic (exact) mass is 449 g/mol. The fraction of sp³-hybridized carbons (Fsp3) is 0.174. The second-order valence-corrected chi connectivity index (χ2v) is 8.40. The van der Waals surface area contributed by atoms with Gasteiger partial charge in [0.1, 0.15) is 11.5 Å². The fourth-order valence-electron chi connectivity index (χ4n) is 3.29. The molecule has 2 aromatic heterocycles. The molecule has 2 aromatic carbocycles. The largest absolute Gasteiger partial charge is 0.457 e. The number of hydrogen-bond donors (Lipinski definition) is 2. The standard InChI is InChI=1S/C23H20ClN5OS/c1-29-12-21(26-13-29)14-2-6-17-20(10-14)25-9-8-22(17)30-16-5-7-19(18(24)11-16)28-23(31)27-15-3-4-15/h2,5-13,15H,3-4H2,1H3,(H2,27,28,31). The van der Waals surface area contributed by atoms with Crippen LogP contribution in [0.2, 0.25) is 5.02 Å². The molecule has 1 fully saturated rings. The Morgan fingerprint density at radius 2 is 2.03 bits per heavy atom. The molecule has 156 valence electrons. The summed E-state index contributed by atoms with van der Waals surface area (Å²) in [4.78, 5) is 8.91. The van der Waals surface area contributed by atoms with E-state index >= 15 is 0 Å². The van der Waals surface area contributed by atoms with Gasteiger partial charge >= 0.3 is 0 Å². The Labute approximate surface area is 190 Å². The molecule has 1 aliphatic carbocycles. The number of aromatic nitrogens is 3. The van der Waals surface area contributed by atoms with Crippen LogP contribution in [0.5, 0.6) is 11.5 Å². The molecule has 4 aromatic rings. The number of benzene rings is 2. The van der Waals surface area contributed by atoms with E-state index in [-0.39, 0.29) is 0 Å². The van der Waals surface area contributed by atoms with Crippen LogP contribution in [0, 0.1) is 0 Å². The van der Waals surface area contributed by atoms with E-state index in [0.717, 1.165) is 40.7 Å². The third kappa shape index (κ3) is 4.47. The molecule has 5 rings (SSSR count). The lowest BCUT2D eigenvalue weighted by atomic mass is 10.1. The number of hydrogen-bond acceptors (Lipinski definition) is 4. The molecule has 0 atom stereocenters. The first-order chi connectivity index (χ1) is 15.0. The zero-order chi connectivity index (χ0) is 21.4. The minimum absolute atomic E-state index is 0.486. The lowest BCUT2D eigenvalue weighted by Gasteiger charge is -2.13. The van der Waals surface area contributed by atoms with Gasteiger partial charge in [-0.2, -0.15) is 0 Å². The van der Waals surface area contributed by atoms with Crippen LogP contribution < -0.4 is 15.4 Å². The Kier molecular flexibility index (Phi) is 5.21. The van der Waals surface area contributed by atoms with E-state index in [1.165, 1.54) is 0 Å². The molecule has 8 heteroatoms. The number of nitrogens with one attached hydrogen (secondary N) is 2. The van der Waals surface area contributed by atoms with Crippen LogP contribution in [0.3, 0.4) is 0 Å². The van der Waals surface area contributed by atoms with Gasteiger partial charge in [-0.25, -0.2) is 4.98 Å². The molecule has 2 N–H and O–H groups in total. The van der Waals surface area contributed by atoms with Gasteiger partial charge in [-0.05, 0) is 55.4 Å². The average molecular weight is 450 g/mol. The summed E-state index contributed by atoms with van der Waals surface area (Å²) in [6.45, 7) is 0. The third-order valence-corrected chi connectivity index (χ3v) is 5.57. The third-order valence-electron chi connectivity index (χ3n) is 5.03. The molecule has 0 spiro atoms. The van der Waals surface area contributed by atoms with Gasteiger partial charge in [-0.3, -0.25) is 4.98 Å². The van der Waals surface area contributed by atoms with Crippen molar-refractivity contribution in [2.24, 2.45) is 7.05 Å². The van der Waals surface area contributed by atoms with Crippen molar-refractivity contribution in [2.45, 2.75) is 18.9 Å². The number of anilines is 1. The second-order valence-electron chi connectivity index (χ2n) is 7.58. The smallest absolute Gasteiger partial charge is 0.171 e. The van der Waals surface area contributed by atoms with Crippen LogP contribution in [0.15, 0.2) is 61.2 Å². The van der Waals surface area contributed by atoms with E-state index in [9.17, 15) is 0 Å². The summed E-state index contributed by atoms with van der Waals surface area (Å²) >= 11 is 11.8. The van der Waals surface area contributed by atoms with Crippen LogP contribution in [-0.4, -0.2) is 25.7 Å². The fourth-order valence-corrected chi connectivity index (χ4v) is 3.79. The SMILES string of the molecule is Cn1cnc(-c2ccc3c(Oc4ccc(NC(=S)NC5CC5)c(Cl)c4)ccnc3c2)c1. The predicted octanol–water partition coefficient (Wildman–Crippen LogP) is 5.53. The number of thiocarbonyl (C=S) groups is 1. The quantitative estimate of drug-likeness (QED) is 0.390. The lowest BCUT2D eigenvalue weighted by Crippen LogP contribution is -2.30. The molecule has 6 nitrogen and oxygen atoms in total. The highest BCUT2D eigenvalue weighted by Crippen LogP contribution is 2.34. The summed E-state index contributed by atoms with van der Waals surface area (Å²) < 4.78 is 8.06. The number of nitrogens with zero attached hydrogens (tertiary/aromatic N) is 3. The normalized spacial score (nSPS) is 13.2. The van der Waals surface area contributed by atoms with Crippen molar-refractivity contribution in [2.75, 3.05) is 5.32 Å². The van der Waals surface area contributed by atoms with Gasteiger partial charge in [-0.15, -0.1) is 0 Å². The number of pyridine rings is 1. The zero-order valence-electron chi connectivity index (χ0n) is 16.8. The first-order valence-corrected chi connectivity index (χ1v) is 10.8. The van der Waals surface area contributed by atoms with Crippen molar-refractivity contribution in [3.63, 3.8) is 0 Å². The molecule has 1 aliphatic rings. The van der Waals surface area contributed by atoms with Gasteiger partial charge in [0.2, 0.25) is 0 Å². The lowest BCUT2D eigenvalue weighted by molar-refractivity contribution is 0.488. The number of halogens is 1. The summed E-state index contributed by atoms with van der Waals surface area (Å²) in [5, 5.41) is 8.41. The summed E-state index contributed by atoms with van der Waals surface area (Å²) in [7, 11) is 1.95. The molecule has 0 saturated heterocycles. The van der Waals surface area contributed by atoms with E-state index in [1.807, 2.05) is 54.2 Å². The number of aryl methyl sites for hydroxylation is 1. The Morgan fingerprint density at radius 3 is 2.77 bits per heavy atom. The van der Waals surface area contributed by atoms with E-state index in [1.54, 1.807) is 18.6 Å². The molecule has 1 saturated carbocycles. The first-order valence-electron chi connectivity index (χ1n) is 9.97. The van der Waals surface area contributed by atoms with Gasteiger partial charge in [0.05, 0.1) is 28.2 Å². The summed E-state index contributed by atoms with van der Waals surface area (Å²) in [5.74, 6) is 1.35. The molecular formula is C23H20ClN5OS. The van der Waals surface area contributed by atoms with Crippen molar-refractivity contribution in [1.29, 1.82) is 0 Å². The molecule has 0 aliphatic heterocycles. The van der Waals surface area contributed by atoms with E-state index in [4.69, 9.17) is 28.6 Å². The number of ether oxygens (including phenoxy) is 1. The average Bonchev–Trinajstić information content (AvgIpc) is 3.46. The molecule has 0 radical (unpaired) electrons. The maximum Gasteiger partial charge on any atom is 0.171 e. The molecule has 31 heavy (non-hydrogen) atoms. The molecule has 0 amide bonds. The van der Waals surface area contributed by atoms with Crippen LogP contribution in [0.4, 0.5) is 5.69 Å². The number of imidazole rings is 1. The van der Waals surface area contributed by atoms with Crippen LogP contribution in [-0.2, 0) is 7.05 Å². The zero-order valence-corrected chi connectivity index (χ0v) is 18.4.